The highest BCUT2D eigenvalue weighted by molar-refractivity contribution is 6.31. The van der Waals surface area contributed by atoms with Gasteiger partial charge in [0.2, 0.25) is 0 Å². The lowest BCUT2D eigenvalue weighted by Crippen LogP contribution is -2.54. The molecule has 0 radical (unpaired) electrons. The fraction of sp³-hybridized carbons (Fsp3) is 0.316. The molecule has 7 heteroatoms. The molecule has 2 aliphatic rings. The van der Waals surface area contributed by atoms with E-state index in [0.29, 0.717) is 5.88 Å². The van der Waals surface area contributed by atoms with Crippen LogP contribution in [0.3, 0.4) is 0 Å². The Kier molecular flexibility index (Phi) is 5.42. The molecule has 2 heterocycles. The van der Waals surface area contributed by atoms with Crippen LogP contribution in [0, 0.1) is 0 Å². The van der Waals surface area contributed by atoms with Crippen LogP contribution in [-0.4, -0.2) is 48.3 Å². The number of imide groups is 2. The van der Waals surface area contributed by atoms with Crippen LogP contribution >= 0.6 is 11.6 Å². The Hall–Kier alpha value is -2.60. The van der Waals surface area contributed by atoms with Gasteiger partial charge in [-0.15, -0.1) is 18.2 Å². The molecule has 1 N–H and O–H groups in total. The maximum Gasteiger partial charge on any atom is 0.331 e. The van der Waals surface area contributed by atoms with Crippen molar-refractivity contribution in [3.8, 4) is 0 Å². The van der Waals surface area contributed by atoms with Crippen molar-refractivity contribution in [2.75, 3.05) is 30.4 Å². The van der Waals surface area contributed by atoms with E-state index in [4.69, 9.17) is 11.6 Å². The van der Waals surface area contributed by atoms with Gasteiger partial charge in [-0.3, -0.25) is 19.8 Å². The summed E-state index contributed by atoms with van der Waals surface area (Å²) in [7, 11) is 0. The summed E-state index contributed by atoms with van der Waals surface area (Å²) in [5, 5.41) is 2.19. The summed E-state index contributed by atoms with van der Waals surface area (Å²) in [4.78, 5) is 39.5. The zero-order chi connectivity index (χ0) is 18.7. The number of hydrogen-bond donors (Lipinski definition) is 1. The average Bonchev–Trinajstić information content (AvgIpc) is 3.02. The molecule has 4 amide bonds. The van der Waals surface area contributed by atoms with E-state index in [9.17, 15) is 14.4 Å². The normalized spacial score (nSPS) is 18.3. The predicted molar refractivity (Wildman–Crippen MR) is 101 cm³/mol. The number of benzene rings is 1. The molecule has 3 rings (SSSR count). The number of carbonyl (C=O) groups is 3. The fourth-order valence-corrected chi connectivity index (χ4v) is 3.34. The maximum absolute atomic E-state index is 12.5. The number of barbiturate groups is 1. The number of urea groups is 1. The summed E-state index contributed by atoms with van der Waals surface area (Å²) in [5.74, 6) is -0.653. The van der Waals surface area contributed by atoms with Crippen molar-refractivity contribution in [3.63, 3.8) is 0 Å². The van der Waals surface area contributed by atoms with Gasteiger partial charge in [0.15, 0.2) is 0 Å². The Morgan fingerprint density at radius 2 is 2.08 bits per heavy atom. The molecular formula is C19H20ClN3O3. The molecule has 0 aromatic heterocycles. The first kappa shape index (κ1) is 18.2. The molecule has 1 aromatic rings. The van der Waals surface area contributed by atoms with Gasteiger partial charge in [-0.1, -0.05) is 12.1 Å². The van der Waals surface area contributed by atoms with Crippen LogP contribution in [0.5, 0.6) is 0 Å². The number of amides is 4. The average molecular weight is 374 g/mol. The van der Waals surface area contributed by atoms with Crippen molar-refractivity contribution in [2.45, 2.75) is 12.8 Å². The first-order chi connectivity index (χ1) is 12.5. The number of anilines is 1. The van der Waals surface area contributed by atoms with Crippen LogP contribution in [-0.2, 0) is 16.0 Å². The molecule has 2 aliphatic heterocycles. The third-order valence-electron chi connectivity index (χ3n) is 4.47. The number of hydrogen-bond acceptors (Lipinski definition) is 4. The van der Waals surface area contributed by atoms with Crippen LogP contribution < -0.4 is 10.2 Å². The van der Waals surface area contributed by atoms with Crippen LogP contribution in [0.2, 0.25) is 0 Å². The van der Waals surface area contributed by atoms with E-state index in [2.05, 4.69) is 16.8 Å². The molecule has 1 aromatic carbocycles. The summed E-state index contributed by atoms with van der Waals surface area (Å²) < 4.78 is 0. The highest BCUT2D eigenvalue weighted by atomic mass is 35.5. The van der Waals surface area contributed by atoms with E-state index < -0.39 is 17.8 Å². The molecule has 0 aliphatic carbocycles. The Balaban J connectivity index is 1.85. The summed E-state index contributed by atoms with van der Waals surface area (Å²) >= 11 is 5.77. The summed E-state index contributed by atoms with van der Waals surface area (Å²) in [6.07, 6.45) is 4.81. The Bertz CT molecular complexity index is 803. The molecule has 0 unspecified atom stereocenters. The molecule has 0 atom stereocenters. The number of fused-ring (bicyclic) bond motifs is 1. The largest absolute Gasteiger partial charge is 0.371 e. The van der Waals surface area contributed by atoms with Gasteiger partial charge in [0.1, 0.15) is 5.57 Å². The number of nitrogens with one attached hydrogen (secondary N) is 1. The lowest BCUT2D eigenvalue weighted by Gasteiger charge is -2.25. The van der Waals surface area contributed by atoms with Gasteiger partial charge >= 0.3 is 6.03 Å². The smallest absolute Gasteiger partial charge is 0.331 e. The van der Waals surface area contributed by atoms with Gasteiger partial charge in [-0.2, -0.15) is 0 Å². The third kappa shape index (κ3) is 3.51. The second kappa shape index (κ2) is 7.74. The quantitative estimate of drug-likeness (QED) is 0.359. The van der Waals surface area contributed by atoms with E-state index in [-0.39, 0.29) is 12.1 Å². The molecule has 0 saturated carbocycles. The van der Waals surface area contributed by atoms with Crippen LogP contribution in [0.4, 0.5) is 10.5 Å². The Morgan fingerprint density at radius 1 is 1.27 bits per heavy atom. The molecule has 0 spiro atoms. The van der Waals surface area contributed by atoms with Crippen LogP contribution in [0.1, 0.15) is 17.5 Å². The SMILES string of the molecule is C=CCN1C(=O)NC(=O)C(=Cc2ccc3c(c2)CCN3CCCCl)C1=O. The van der Waals surface area contributed by atoms with Crippen molar-refractivity contribution in [1.29, 1.82) is 0 Å². The zero-order valence-corrected chi connectivity index (χ0v) is 15.1. The maximum atomic E-state index is 12.5. The van der Waals surface area contributed by atoms with E-state index in [0.717, 1.165) is 36.4 Å². The number of carbonyl (C=O) groups excluding carboxylic acids is 3. The fourth-order valence-electron chi connectivity index (χ4n) is 3.22. The van der Waals surface area contributed by atoms with E-state index in [1.54, 1.807) is 0 Å². The molecule has 6 nitrogen and oxygen atoms in total. The third-order valence-corrected chi connectivity index (χ3v) is 4.73. The number of nitrogens with zero attached hydrogens (tertiary/aromatic N) is 2. The van der Waals surface area contributed by atoms with Crippen molar-refractivity contribution in [1.82, 2.24) is 10.2 Å². The molecule has 0 bridgehead atoms. The van der Waals surface area contributed by atoms with Gasteiger partial charge in [-0.25, -0.2) is 4.79 Å². The molecule has 136 valence electrons. The summed E-state index contributed by atoms with van der Waals surface area (Å²) in [5.41, 5.74) is 3.05. The lowest BCUT2D eigenvalue weighted by atomic mass is 10.0. The first-order valence-corrected chi connectivity index (χ1v) is 9.02. The molecular weight excluding hydrogens is 354 g/mol. The Morgan fingerprint density at radius 3 is 2.81 bits per heavy atom. The number of halogens is 1. The number of alkyl halides is 1. The topological polar surface area (TPSA) is 69.7 Å². The first-order valence-electron chi connectivity index (χ1n) is 8.48. The molecule has 26 heavy (non-hydrogen) atoms. The van der Waals surface area contributed by atoms with Crippen molar-refractivity contribution in [2.24, 2.45) is 0 Å². The second-order valence-corrected chi connectivity index (χ2v) is 6.57. The van der Waals surface area contributed by atoms with Gasteiger partial charge in [-0.05, 0) is 42.2 Å². The van der Waals surface area contributed by atoms with Gasteiger partial charge in [0, 0.05) is 31.2 Å². The monoisotopic (exact) mass is 373 g/mol. The van der Waals surface area contributed by atoms with E-state index >= 15 is 0 Å². The molecule has 1 saturated heterocycles. The Labute approximate surface area is 157 Å². The van der Waals surface area contributed by atoms with Crippen molar-refractivity contribution in [3.05, 3.63) is 47.6 Å². The minimum absolute atomic E-state index is 0.0506. The zero-order valence-electron chi connectivity index (χ0n) is 14.3. The van der Waals surface area contributed by atoms with E-state index in [1.807, 2.05) is 18.2 Å². The lowest BCUT2D eigenvalue weighted by molar-refractivity contribution is -0.129. The highest BCUT2D eigenvalue weighted by Crippen LogP contribution is 2.30. The minimum Gasteiger partial charge on any atom is -0.371 e. The predicted octanol–water partition coefficient (Wildman–Crippen LogP) is 2.33. The number of rotatable bonds is 6. The van der Waals surface area contributed by atoms with Gasteiger partial charge in [0.25, 0.3) is 11.8 Å². The summed E-state index contributed by atoms with van der Waals surface area (Å²) in [6.45, 7) is 5.43. The highest BCUT2D eigenvalue weighted by Gasteiger charge is 2.35. The summed E-state index contributed by atoms with van der Waals surface area (Å²) in [6, 6.07) is 5.14. The molecule has 1 fully saturated rings. The standard InChI is InChI=1S/C19H20ClN3O3/c1-2-8-23-18(25)15(17(24)21-19(23)26)12-13-4-5-16-14(11-13)6-10-22(16)9-3-7-20/h2,4-5,11-12H,1,3,6-10H2,(H,21,24,26). The van der Waals surface area contributed by atoms with Gasteiger partial charge < -0.3 is 4.90 Å². The van der Waals surface area contributed by atoms with Crippen LogP contribution in [0.25, 0.3) is 6.08 Å². The van der Waals surface area contributed by atoms with Gasteiger partial charge in [0.05, 0.1) is 0 Å². The van der Waals surface area contributed by atoms with E-state index in [1.165, 1.54) is 23.4 Å². The van der Waals surface area contributed by atoms with Crippen LogP contribution in [0.15, 0.2) is 36.4 Å². The van der Waals surface area contributed by atoms with Crippen molar-refractivity contribution < 1.29 is 14.4 Å². The van der Waals surface area contributed by atoms with Crippen molar-refractivity contribution >= 4 is 41.2 Å². The minimum atomic E-state index is -0.721. The second-order valence-electron chi connectivity index (χ2n) is 6.19.